The maximum Gasteiger partial charge on any atom is 0.251 e. The molecule has 1 rings (SSSR count). The summed E-state index contributed by atoms with van der Waals surface area (Å²) in [7, 11) is 0. The minimum atomic E-state index is -0.545. The molecule has 1 aromatic rings. The van der Waals surface area contributed by atoms with Crippen LogP contribution < -0.4 is 16.4 Å². The van der Waals surface area contributed by atoms with E-state index in [0.29, 0.717) is 17.7 Å². The number of aliphatic hydroxyl groups is 1. The molecule has 1 atom stereocenters. The number of hydrogen-bond donors (Lipinski definition) is 4. The first-order valence-electron chi connectivity index (χ1n) is 6.61. The van der Waals surface area contributed by atoms with Crippen molar-refractivity contribution >= 4 is 17.5 Å². The van der Waals surface area contributed by atoms with Crippen molar-refractivity contribution in [2.45, 2.75) is 25.9 Å². The molecule has 20 heavy (non-hydrogen) atoms. The molecule has 6 heteroatoms. The molecule has 0 aliphatic heterocycles. The second kappa shape index (κ2) is 8.16. The smallest absolute Gasteiger partial charge is 0.251 e. The molecule has 0 fully saturated rings. The Labute approximate surface area is 118 Å². The second-order valence-electron chi connectivity index (χ2n) is 4.55. The highest BCUT2D eigenvalue weighted by Crippen LogP contribution is 2.04. The summed E-state index contributed by atoms with van der Waals surface area (Å²) in [5.74, 6) is -0.668. The highest BCUT2D eigenvalue weighted by molar-refractivity contribution is 5.96. The van der Waals surface area contributed by atoms with Crippen LogP contribution >= 0.6 is 0 Å². The highest BCUT2D eigenvalue weighted by atomic mass is 16.3. The van der Waals surface area contributed by atoms with Gasteiger partial charge >= 0.3 is 0 Å². The number of nitrogens with one attached hydrogen (secondary N) is 2. The number of amides is 2. The quantitative estimate of drug-likeness (QED) is 0.538. The Hall–Kier alpha value is -2.08. The van der Waals surface area contributed by atoms with Gasteiger partial charge in [-0.25, -0.2) is 0 Å². The molecular weight excluding hydrogens is 258 g/mol. The Bertz CT molecular complexity index is 445. The number of nitrogen functional groups attached to an aromatic ring is 1. The van der Waals surface area contributed by atoms with E-state index in [-0.39, 0.29) is 24.9 Å². The van der Waals surface area contributed by atoms with Crippen molar-refractivity contribution in [1.82, 2.24) is 10.6 Å². The first kappa shape index (κ1) is 16.0. The molecule has 110 valence electrons. The van der Waals surface area contributed by atoms with Gasteiger partial charge in [0.05, 0.1) is 12.6 Å². The van der Waals surface area contributed by atoms with Gasteiger partial charge in [0.2, 0.25) is 5.91 Å². The Morgan fingerprint density at radius 1 is 1.25 bits per heavy atom. The molecule has 0 aliphatic carbocycles. The fourth-order valence-corrected chi connectivity index (χ4v) is 1.63. The summed E-state index contributed by atoms with van der Waals surface area (Å²) in [6.07, 6.45) is 0.944. The van der Waals surface area contributed by atoms with E-state index in [9.17, 15) is 14.7 Å². The first-order chi connectivity index (χ1) is 9.52. The standard InChI is InChI=1S/C14H21N3O3/c1-2-3-12(18)8-16-13(19)9-17-14(20)10-4-6-11(15)7-5-10/h4-7,12,18H,2-3,8-9,15H2,1H3,(H,16,19)(H,17,20). The molecule has 6 nitrogen and oxygen atoms in total. The summed E-state index contributed by atoms with van der Waals surface area (Å²) in [4.78, 5) is 23.2. The average molecular weight is 279 g/mol. The zero-order chi connectivity index (χ0) is 15.0. The Kier molecular flexibility index (Phi) is 6.52. The normalized spacial score (nSPS) is 11.7. The maximum absolute atomic E-state index is 11.7. The molecule has 2 amide bonds. The zero-order valence-electron chi connectivity index (χ0n) is 11.6. The molecule has 0 radical (unpaired) electrons. The van der Waals surface area contributed by atoms with Gasteiger partial charge in [0, 0.05) is 17.8 Å². The molecule has 1 unspecified atom stereocenters. The van der Waals surface area contributed by atoms with Crippen LogP contribution in [0.25, 0.3) is 0 Å². The van der Waals surface area contributed by atoms with Gasteiger partial charge in [-0.15, -0.1) is 0 Å². The molecular formula is C14H21N3O3. The molecule has 1 aromatic carbocycles. The van der Waals surface area contributed by atoms with Crippen molar-refractivity contribution in [3.63, 3.8) is 0 Å². The van der Waals surface area contributed by atoms with Gasteiger partial charge in [-0.2, -0.15) is 0 Å². The summed E-state index contributed by atoms with van der Waals surface area (Å²) in [6, 6.07) is 6.42. The lowest BCUT2D eigenvalue weighted by Crippen LogP contribution is -2.40. The van der Waals surface area contributed by atoms with Crippen LogP contribution in [0.4, 0.5) is 5.69 Å². The van der Waals surface area contributed by atoms with Gasteiger partial charge in [-0.1, -0.05) is 13.3 Å². The van der Waals surface area contributed by atoms with E-state index in [1.165, 1.54) is 0 Å². The molecule has 0 saturated heterocycles. The molecule has 0 aliphatic rings. The number of carbonyl (C=O) groups is 2. The zero-order valence-corrected chi connectivity index (χ0v) is 11.6. The van der Waals surface area contributed by atoms with Gasteiger partial charge in [0.15, 0.2) is 0 Å². The van der Waals surface area contributed by atoms with Crippen molar-refractivity contribution < 1.29 is 14.7 Å². The van der Waals surface area contributed by atoms with E-state index in [2.05, 4.69) is 10.6 Å². The molecule has 0 heterocycles. The monoisotopic (exact) mass is 279 g/mol. The van der Waals surface area contributed by atoms with Gasteiger partial charge < -0.3 is 21.5 Å². The van der Waals surface area contributed by atoms with Gasteiger partial charge in [-0.05, 0) is 30.7 Å². The number of nitrogens with two attached hydrogens (primary N) is 1. The van der Waals surface area contributed by atoms with E-state index in [1.807, 2.05) is 6.92 Å². The van der Waals surface area contributed by atoms with Crippen LogP contribution in [-0.4, -0.2) is 36.1 Å². The molecule has 0 spiro atoms. The van der Waals surface area contributed by atoms with Gasteiger partial charge in [-0.3, -0.25) is 9.59 Å². The van der Waals surface area contributed by atoms with E-state index in [4.69, 9.17) is 5.73 Å². The number of aliphatic hydroxyl groups excluding tert-OH is 1. The number of benzene rings is 1. The Balaban J connectivity index is 2.30. The van der Waals surface area contributed by atoms with Crippen molar-refractivity contribution in [2.75, 3.05) is 18.8 Å². The van der Waals surface area contributed by atoms with E-state index in [0.717, 1.165) is 6.42 Å². The van der Waals surface area contributed by atoms with Gasteiger partial charge in [0.25, 0.3) is 5.91 Å². The first-order valence-corrected chi connectivity index (χ1v) is 6.61. The Morgan fingerprint density at radius 3 is 2.50 bits per heavy atom. The van der Waals surface area contributed by atoms with Crippen LogP contribution in [0, 0.1) is 0 Å². The summed E-state index contributed by atoms with van der Waals surface area (Å²) in [5, 5.41) is 14.5. The minimum absolute atomic E-state index is 0.123. The predicted octanol–water partition coefficient (Wildman–Crippen LogP) is 0.276. The number of hydrogen-bond acceptors (Lipinski definition) is 4. The van der Waals surface area contributed by atoms with Crippen molar-refractivity contribution in [3.8, 4) is 0 Å². The molecule has 0 saturated carbocycles. The highest BCUT2D eigenvalue weighted by Gasteiger charge is 2.09. The van der Waals surface area contributed by atoms with Crippen LogP contribution in [-0.2, 0) is 4.79 Å². The maximum atomic E-state index is 11.7. The summed E-state index contributed by atoms with van der Waals surface area (Å²) in [5.41, 5.74) is 6.54. The van der Waals surface area contributed by atoms with Crippen molar-refractivity contribution in [3.05, 3.63) is 29.8 Å². The fraction of sp³-hybridized carbons (Fsp3) is 0.429. The van der Waals surface area contributed by atoms with Gasteiger partial charge in [0.1, 0.15) is 0 Å². The SMILES string of the molecule is CCCC(O)CNC(=O)CNC(=O)c1ccc(N)cc1. The van der Waals surface area contributed by atoms with Crippen LogP contribution in [0.1, 0.15) is 30.1 Å². The summed E-state index contributed by atoms with van der Waals surface area (Å²) >= 11 is 0. The third-order valence-corrected chi connectivity index (χ3v) is 2.74. The lowest BCUT2D eigenvalue weighted by molar-refractivity contribution is -0.120. The number of carbonyl (C=O) groups excluding carboxylic acids is 2. The molecule has 5 N–H and O–H groups in total. The lowest BCUT2D eigenvalue weighted by atomic mass is 10.2. The van der Waals surface area contributed by atoms with Crippen LogP contribution in [0.5, 0.6) is 0 Å². The van der Waals surface area contributed by atoms with Crippen molar-refractivity contribution in [2.24, 2.45) is 0 Å². The minimum Gasteiger partial charge on any atom is -0.399 e. The van der Waals surface area contributed by atoms with E-state index in [1.54, 1.807) is 24.3 Å². The number of anilines is 1. The summed E-state index contributed by atoms with van der Waals surface area (Å²) in [6.45, 7) is 2.03. The predicted molar refractivity (Wildman–Crippen MR) is 77.1 cm³/mol. The topological polar surface area (TPSA) is 104 Å². The summed E-state index contributed by atoms with van der Waals surface area (Å²) < 4.78 is 0. The third-order valence-electron chi connectivity index (χ3n) is 2.74. The average Bonchev–Trinajstić information content (AvgIpc) is 2.43. The number of rotatable bonds is 7. The van der Waals surface area contributed by atoms with E-state index >= 15 is 0 Å². The van der Waals surface area contributed by atoms with Crippen LogP contribution in [0.2, 0.25) is 0 Å². The Morgan fingerprint density at radius 2 is 1.90 bits per heavy atom. The third kappa shape index (κ3) is 5.71. The molecule has 0 aromatic heterocycles. The second-order valence-corrected chi connectivity index (χ2v) is 4.55. The lowest BCUT2D eigenvalue weighted by Gasteiger charge is -2.11. The van der Waals surface area contributed by atoms with Crippen molar-refractivity contribution in [1.29, 1.82) is 0 Å². The van der Waals surface area contributed by atoms with E-state index < -0.39 is 6.10 Å². The largest absolute Gasteiger partial charge is 0.399 e. The van der Waals surface area contributed by atoms with Crippen LogP contribution in [0.3, 0.4) is 0 Å². The molecule has 0 bridgehead atoms. The van der Waals surface area contributed by atoms with Crippen LogP contribution in [0.15, 0.2) is 24.3 Å². The fourth-order valence-electron chi connectivity index (χ4n) is 1.63.